The first-order valence-electron chi connectivity index (χ1n) is 12.1. The fourth-order valence-electron chi connectivity index (χ4n) is 5.52. The second-order valence-electron chi connectivity index (χ2n) is 9.78. The molecule has 0 aliphatic carbocycles. The molecule has 3 heterocycles. The lowest BCUT2D eigenvalue weighted by Crippen LogP contribution is -2.62. The van der Waals surface area contributed by atoms with Crippen molar-refractivity contribution in [3.8, 4) is 0 Å². The van der Waals surface area contributed by atoms with Gasteiger partial charge >= 0.3 is 0 Å². The third-order valence-electron chi connectivity index (χ3n) is 7.27. The Hall–Kier alpha value is -2.41. The molecule has 1 aromatic rings. The number of nitrogens with zero attached hydrogens (tertiary/aromatic N) is 3. The van der Waals surface area contributed by atoms with Crippen molar-refractivity contribution in [1.29, 1.82) is 0 Å². The van der Waals surface area contributed by atoms with E-state index in [2.05, 4.69) is 17.1 Å². The van der Waals surface area contributed by atoms with E-state index in [0.29, 0.717) is 37.2 Å². The number of anilines is 1. The van der Waals surface area contributed by atoms with Gasteiger partial charge in [0.2, 0.25) is 11.8 Å². The average Bonchev–Trinajstić information content (AvgIpc) is 3.08. The van der Waals surface area contributed by atoms with Crippen molar-refractivity contribution in [2.75, 3.05) is 37.6 Å². The molecule has 1 N–H and O–H groups in total. The van der Waals surface area contributed by atoms with Crippen LogP contribution < -0.4 is 10.2 Å². The number of carbonyl (C=O) groups is 3. The van der Waals surface area contributed by atoms with Crippen LogP contribution in [0.3, 0.4) is 0 Å². The fourth-order valence-corrected chi connectivity index (χ4v) is 5.52. The number of benzene rings is 1. The largest absolute Gasteiger partial charge is 0.356 e. The van der Waals surface area contributed by atoms with Gasteiger partial charge in [-0.3, -0.25) is 19.3 Å². The van der Waals surface area contributed by atoms with Gasteiger partial charge in [-0.05, 0) is 70.2 Å². The number of piperidine rings is 1. The van der Waals surface area contributed by atoms with E-state index >= 15 is 0 Å². The van der Waals surface area contributed by atoms with Gasteiger partial charge in [0, 0.05) is 32.5 Å². The molecule has 0 radical (unpaired) electrons. The van der Waals surface area contributed by atoms with E-state index in [9.17, 15) is 14.4 Å². The van der Waals surface area contributed by atoms with Crippen LogP contribution in [0.25, 0.3) is 0 Å². The van der Waals surface area contributed by atoms with Crippen LogP contribution in [0, 0.1) is 5.92 Å². The summed E-state index contributed by atoms with van der Waals surface area (Å²) in [5.41, 5.74) is 0.521. The SMILES string of the molecule is C[C@@H]1CCCN(CCCCNC(=O)CCN2C(=O)c3ccccc3N3C(=O)CC[C@]23C)C1. The van der Waals surface area contributed by atoms with E-state index < -0.39 is 5.66 Å². The van der Waals surface area contributed by atoms with Crippen LogP contribution in [0.5, 0.6) is 0 Å². The smallest absolute Gasteiger partial charge is 0.257 e. The highest BCUT2D eigenvalue weighted by molar-refractivity contribution is 6.10. The van der Waals surface area contributed by atoms with Crippen molar-refractivity contribution < 1.29 is 14.4 Å². The molecule has 0 bridgehead atoms. The zero-order chi connectivity index (χ0) is 22.7. The van der Waals surface area contributed by atoms with Crippen LogP contribution in [0.4, 0.5) is 5.69 Å². The molecule has 4 rings (SSSR count). The first-order chi connectivity index (χ1) is 15.4. The van der Waals surface area contributed by atoms with Crippen LogP contribution in [0.2, 0.25) is 0 Å². The molecule has 3 aliphatic rings. The van der Waals surface area contributed by atoms with Crippen molar-refractivity contribution in [2.24, 2.45) is 5.92 Å². The van der Waals surface area contributed by atoms with Crippen molar-refractivity contribution >= 4 is 23.4 Å². The minimum atomic E-state index is -0.700. The normalized spacial score (nSPS) is 25.6. The molecule has 3 aliphatic heterocycles. The molecule has 1 aromatic carbocycles. The molecule has 0 spiro atoms. The van der Waals surface area contributed by atoms with Crippen LogP contribution >= 0.6 is 0 Å². The number of amides is 3. The van der Waals surface area contributed by atoms with Gasteiger partial charge in [0.05, 0.1) is 11.3 Å². The Balaban J connectivity index is 1.26. The molecule has 0 unspecified atom stereocenters. The van der Waals surface area contributed by atoms with Gasteiger partial charge in [0.25, 0.3) is 5.91 Å². The van der Waals surface area contributed by atoms with Gasteiger partial charge in [-0.25, -0.2) is 0 Å². The molecule has 3 amide bonds. The summed E-state index contributed by atoms with van der Waals surface area (Å²) >= 11 is 0. The van der Waals surface area contributed by atoms with E-state index in [1.165, 1.54) is 25.9 Å². The molecule has 2 fully saturated rings. The van der Waals surface area contributed by atoms with Gasteiger partial charge in [-0.1, -0.05) is 19.1 Å². The van der Waals surface area contributed by atoms with Crippen molar-refractivity contribution in [3.63, 3.8) is 0 Å². The van der Waals surface area contributed by atoms with Crippen molar-refractivity contribution in [1.82, 2.24) is 15.1 Å². The lowest BCUT2D eigenvalue weighted by molar-refractivity contribution is -0.121. The van der Waals surface area contributed by atoms with Gasteiger partial charge < -0.3 is 15.1 Å². The van der Waals surface area contributed by atoms with Gasteiger partial charge in [-0.2, -0.15) is 0 Å². The monoisotopic (exact) mass is 440 g/mol. The molecule has 32 heavy (non-hydrogen) atoms. The zero-order valence-corrected chi connectivity index (χ0v) is 19.4. The maximum atomic E-state index is 13.2. The predicted octanol–water partition coefficient (Wildman–Crippen LogP) is 3.00. The number of likely N-dealkylation sites (tertiary alicyclic amines) is 1. The lowest BCUT2D eigenvalue weighted by atomic mass is 9.98. The fraction of sp³-hybridized carbons (Fsp3) is 0.640. The maximum absolute atomic E-state index is 13.2. The standard InChI is InChI=1S/C25H36N4O3/c1-19-8-7-16-27(18-19)15-6-5-14-26-22(30)12-17-28-24(32)20-9-3-4-10-21(20)29-23(31)11-13-25(28,29)2/h3-4,9-10,19H,5-8,11-18H2,1-2H3,(H,26,30)/t19-,25-/m1/s1. The summed E-state index contributed by atoms with van der Waals surface area (Å²) in [7, 11) is 0. The van der Waals surface area contributed by atoms with Crippen LogP contribution in [-0.2, 0) is 9.59 Å². The van der Waals surface area contributed by atoms with E-state index in [4.69, 9.17) is 0 Å². The number of fused-ring (bicyclic) bond motifs is 3. The van der Waals surface area contributed by atoms with E-state index in [1.54, 1.807) is 15.9 Å². The number of hydrogen-bond donors (Lipinski definition) is 1. The number of carbonyl (C=O) groups excluding carboxylic acids is 3. The van der Waals surface area contributed by atoms with Crippen LogP contribution in [0.1, 0.15) is 69.2 Å². The predicted molar refractivity (Wildman–Crippen MR) is 124 cm³/mol. The highest BCUT2D eigenvalue weighted by Crippen LogP contribution is 2.43. The summed E-state index contributed by atoms with van der Waals surface area (Å²) in [5.74, 6) is 0.686. The van der Waals surface area contributed by atoms with E-state index in [-0.39, 0.29) is 24.1 Å². The summed E-state index contributed by atoms with van der Waals surface area (Å²) in [6.07, 6.45) is 5.92. The first kappa shape index (κ1) is 22.8. The molecular formula is C25H36N4O3. The molecule has 174 valence electrons. The molecular weight excluding hydrogens is 404 g/mol. The number of nitrogens with one attached hydrogen (secondary N) is 1. The summed E-state index contributed by atoms with van der Waals surface area (Å²) in [5, 5.41) is 3.01. The number of unbranched alkanes of at least 4 members (excludes halogenated alkanes) is 1. The first-order valence-corrected chi connectivity index (χ1v) is 12.1. The van der Waals surface area contributed by atoms with Crippen molar-refractivity contribution in [2.45, 2.75) is 64.5 Å². The zero-order valence-electron chi connectivity index (χ0n) is 19.4. The van der Waals surface area contributed by atoms with Gasteiger partial charge in [0.1, 0.15) is 5.66 Å². The second-order valence-corrected chi connectivity index (χ2v) is 9.78. The minimum absolute atomic E-state index is 0.0324. The summed E-state index contributed by atoms with van der Waals surface area (Å²) in [6.45, 7) is 8.72. The molecule has 0 saturated carbocycles. The Morgan fingerprint density at radius 2 is 2.00 bits per heavy atom. The summed E-state index contributed by atoms with van der Waals surface area (Å²) in [6, 6.07) is 7.27. The lowest BCUT2D eigenvalue weighted by Gasteiger charge is -2.48. The Labute approximate surface area is 191 Å². The molecule has 2 saturated heterocycles. The summed E-state index contributed by atoms with van der Waals surface area (Å²) < 4.78 is 0. The Bertz CT molecular complexity index is 872. The van der Waals surface area contributed by atoms with E-state index in [1.807, 2.05) is 25.1 Å². The summed E-state index contributed by atoms with van der Waals surface area (Å²) in [4.78, 5) is 44.3. The minimum Gasteiger partial charge on any atom is -0.356 e. The maximum Gasteiger partial charge on any atom is 0.257 e. The number of hydrogen-bond acceptors (Lipinski definition) is 4. The van der Waals surface area contributed by atoms with E-state index in [0.717, 1.165) is 25.3 Å². The molecule has 2 atom stereocenters. The molecule has 0 aromatic heterocycles. The molecule has 7 nitrogen and oxygen atoms in total. The Morgan fingerprint density at radius 3 is 2.81 bits per heavy atom. The van der Waals surface area contributed by atoms with Crippen molar-refractivity contribution in [3.05, 3.63) is 29.8 Å². The number of rotatable bonds is 8. The quantitative estimate of drug-likeness (QED) is 0.631. The Kier molecular flexibility index (Phi) is 6.84. The number of para-hydroxylation sites is 1. The highest BCUT2D eigenvalue weighted by atomic mass is 16.2. The van der Waals surface area contributed by atoms with Crippen LogP contribution in [-0.4, -0.2) is 65.9 Å². The molecule has 7 heteroatoms. The Morgan fingerprint density at radius 1 is 1.19 bits per heavy atom. The third-order valence-corrected chi connectivity index (χ3v) is 7.27. The van der Waals surface area contributed by atoms with Crippen LogP contribution in [0.15, 0.2) is 24.3 Å². The average molecular weight is 441 g/mol. The van der Waals surface area contributed by atoms with Gasteiger partial charge in [-0.15, -0.1) is 0 Å². The highest BCUT2D eigenvalue weighted by Gasteiger charge is 2.52. The van der Waals surface area contributed by atoms with Gasteiger partial charge in [0.15, 0.2) is 0 Å². The second kappa shape index (κ2) is 9.61. The third kappa shape index (κ3) is 4.53. The topological polar surface area (TPSA) is 73.0 Å².